The summed E-state index contributed by atoms with van der Waals surface area (Å²) >= 11 is 0. The fourth-order valence-corrected chi connectivity index (χ4v) is 3.59. The Morgan fingerprint density at radius 3 is 3.00 bits per heavy atom. The van der Waals surface area contributed by atoms with Crippen LogP contribution in [0.25, 0.3) is 0 Å². The van der Waals surface area contributed by atoms with Gasteiger partial charge in [0.15, 0.2) is 11.5 Å². The van der Waals surface area contributed by atoms with Crippen LogP contribution >= 0.6 is 0 Å². The van der Waals surface area contributed by atoms with Crippen molar-refractivity contribution in [2.24, 2.45) is 0 Å². The van der Waals surface area contributed by atoms with E-state index in [0.29, 0.717) is 48.4 Å². The second-order valence-corrected chi connectivity index (χ2v) is 7.35. The first-order chi connectivity index (χ1) is 15.2. The van der Waals surface area contributed by atoms with Crippen LogP contribution in [0.15, 0.2) is 36.5 Å². The van der Waals surface area contributed by atoms with Gasteiger partial charge in [-0.2, -0.15) is 0 Å². The molecule has 10 nitrogen and oxygen atoms in total. The molecule has 1 N–H and O–H groups in total. The molecule has 0 spiro atoms. The average Bonchev–Trinajstić information content (AvgIpc) is 3.53. The lowest BCUT2D eigenvalue weighted by molar-refractivity contribution is 0.0914. The molecule has 0 aliphatic carbocycles. The van der Waals surface area contributed by atoms with Crippen LogP contribution in [0, 0.1) is 0 Å². The summed E-state index contributed by atoms with van der Waals surface area (Å²) in [7, 11) is 0. The smallest absolute Gasteiger partial charge is 0.414 e. The van der Waals surface area contributed by atoms with Gasteiger partial charge < -0.3 is 29.0 Å². The molecule has 5 rings (SSSR count). The molecular weight excluding hydrogens is 406 g/mol. The predicted molar refractivity (Wildman–Crippen MR) is 107 cm³/mol. The summed E-state index contributed by atoms with van der Waals surface area (Å²) in [5.41, 5.74) is 1.07. The fraction of sp³-hybridized carbons (Fsp3) is 0.381. The summed E-state index contributed by atoms with van der Waals surface area (Å²) in [6.07, 6.45) is 1.32. The van der Waals surface area contributed by atoms with Gasteiger partial charge in [-0.05, 0) is 18.2 Å². The summed E-state index contributed by atoms with van der Waals surface area (Å²) in [5.74, 6) is 1.31. The van der Waals surface area contributed by atoms with Gasteiger partial charge in [-0.25, -0.2) is 9.78 Å². The van der Waals surface area contributed by atoms with E-state index in [-0.39, 0.29) is 25.3 Å². The quantitative estimate of drug-likeness (QED) is 0.743. The standard InChI is InChI=1S/C21H21N3O7/c25-20(13-3-5-22-19(7-13)30-15-4-6-27-11-15)23-9-16-10-24(21(26)31-16)14-1-2-17-18(8-14)29-12-28-17/h1-3,5,7-8,15-16H,4,6,9-12H2,(H,23,25). The van der Waals surface area contributed by atoms with Crippen molar-refractivity contribution in [3.63, 3.8) is 0 Å². The van der Waals surface area contributed by atoms with Gasteiger partial charge in [0.1, 0.15) is 12.2 Å². The van der Waals surface area contributed by atoms with E-state index in [1.54, 1.807) is 30.3 Å². The molecule has 1 aromatic heterocycles. The third-order valence-electron chi connectivity index (χ3n) is 5.20. The highest BCUT2D eigenvalue weighted by molar-refractivity contribution is 5.94. The Labute approximate surface area is 178 Å². The summed E-state index contributed by atoms with van der Waals surface area (Å²) < 4.78 is 27.1. The number of hydrogen-bond acceptors (Lipinski definition) is 8. The summed E-state index contributed by atoms with van der Waals surface area (Å²) in [6.45, 7) is 1.83. The number of carbonyl (C=O) groups excluding carboxylic acids is 2. The largest absolute Gasteiger partial charge is 0.472 e. The second kappa shape index (κ2) is 8.31. The van der Waals surface area contributed by atoms with E-state index in [1.165, 1.54) is 11.1 Å². The molecule has 0 bridgehead atoms. The number of carbonyl (C=O) groups is 2. The predicted octanol–water partition coefficient (Wildman–Crippen LogP) is 1.73. The van der Waals surface area contributed by atoms with Gasteiger partial charge in [0.25, 0.3) is 5.91 Å². The molecule has 3 aliphatic rings. The number of pyridine rings is 1. The van der Waals surface area contributed by atoms with Crippen LogP contribution in [0.1, 0.15) is 16.8 Å². The van der Waals surface area contributed by atoms with Gasteiger partial charge in [-0.1, -0.05) is 0 Å². The highest BCUT2D eigenvalue weighted by Crippen LogP contribution is 2.36. The molecule has 1 aromatic carbocycles. The Bertz CT molecular complexity index is 993. The number of anilines is 1. The third-order valence-corrected chi connectivity index (χ3v) is 5.20. The minimum absolute atomic E-state index is 0.0501. The summed E-state index contributed by atoms with van der Waals surface area (Å²) in [6, 6.07) is 8.45. The molecule has 2 aromatic rings. The van der Waals surface area contributed by atoms with Crippen molar-refractivity contribution in [2.75, 3.05) is 38.0 Å². The fourth-order valence-electron chi connectivity index (χ4n) is 3.59. The molecule has 31 heavy (non-hydrogen) atoms. The monoisotopic (exact) mass is 427 g/mol. The Hall–Kier alpha value is -3.53. The molecular formula is C21H21N3O7. The molecule has 2 atom stereocenters. The first kappa shape index (κ1) is 19.4. The molecule has 4 heterocycles. The van der Waals surface area contributed by atoms with Crippen LogP contribution in [-0.4, -0.2) is 62.3 Å². The third kappa shape index (κ3) is 4.19. The number of benzene rings is 1. The Morgan fingerprint density at radius 2 is 2.13 bits per heavy atom. The number of hydrogen-bond donors (Lipinski definition) is 1. The zero-order chi connectivity index (χ0) is 21.2. The Kier molecular flexibility index (Phi) is 5.21. The van der Waals surface area contributed by atoms with Crippen LogP contribution in [-0.2, 0) is 9.47 Å². The number of cyclic esters (lactones) is 1. The maximum atomic E-state index is 12.5. The lowest BCUT2D eigenvalue weighted by Gasteiger charge is -2.14. The van der Waals surface area contributed by atoms with Gasteiger partial charge in [-0.15, -0.1) is 0 Å². The highest BCUT2D eigenvalue weighted by atomic mass is 16.7. The summed E-state index contributed by atoms with van der Waals surface area (Å²) in [4.78, 5) is 30.5. The van der Waals surface area contributed by atoms with Crippen molar-refractivity contribution in [1.29, 1.82) is 0 Å². The minimum Gasteiger partial charge on any atom is -0.472 e. The first-order valence-electron chi connectivity index (χ1n) is 10.0. The van der Waals surface area contributed by atoms with E-state index >= 15 is 0 Å². The zero-order valence-corrected chi connectivity index (χ0v) is 16.6. The Balaban J connectivity index is 1.17. The SMILES string of the molecule is O=C(NCC1CN(c2ccc3c(c2)OCO3)C(=O)O1)c1ccnc(OC2CCOC2)c1. The van der Waals surface area contributed by atoms with Gasteiger partial charge in [-0.3, -0.25) is 9.69 Å². The second-order valence-electron chi connectivity index (χ2n) is 7.35. The molecule has 10 heteroatoms. The van der Waals surface area contributed by atoms with E-state index in [0.717, 1.165) is 6.42 Å². The normalized spacial score (nSPS) is 21.8. The molecule has 2 fully saturated rings. The molecule has 2 amide bonds. The van der Waals surface area contributed by atoms with Gasteiger partial charge in [0.2, 0.25) is 12.7 Å². The van der Waals surface area contributed by atoms with Crippen molar-refractivity contribution in [1.82, 2.24) is 10.3 Å². The van der Waals surface area contributed by atoms with Crippen LogP contribution in [0.4, 0.5) is 10.5 Å². The molecule has 3 aliphatic heterocycles. The number of nitrogens with zero attached hydrogens (tertiary/aromatic N) is 2. The van der Waals surface area contributed by atoms with E-state index in [9.17, 15) is 9.59 Å². The van der Waals surface area contributed by atoms with Crippen molar-refractivity contribution in [3.8, 4) is 17.4 Å². The van der Waals surface area contributed by atoms with Crippen LogP contribution < -0.4 is 24.4 Å². The zero-order valence-electron chi connectivity index (χ0n) is 16.6. The molecule has 0 radical (unpaired) electrons. The molecule has 0 saturated carbocycles. The van der Waals surface area contributed by atoms with Crippen molar-refractivity contribution in [3.05, 3.63) is 42.1 Å². The van der Waals surface area contributed by atoms with Gasteiger partial charge in [0, 0.05) is 30.3 Å². The van der Waals surface area contributed by atoms with Gasteiger partial charge >= 0.3 is 6.09 Å². The van der Waals surface area contributed by atoms with Gasteiger partial charge in [0.05, 0.1) is 32.0 Å². The van der Waals surface area contributed by atoms with Crippen LogP contribution in [0.2, 0.25) is 0 Å². The number of fused-ring (bicyclic) bond motifs is 1. The van der Waals surface area contributed by atoms with E-state index < -0.39 is 12.2 Å². The average molecular weight is 427 g/mol. The number of aromatic nitrogens is 1. The van der Waals surface area contributed by atoms with Crippen molar-refractivity contribution >= 4 is 17.7 Å². The minimum atomic E-state index is -0.477. The van der Waals surface area contributed by atoms with E-state index in [4.69, 9.17) is 23.7 Å². The maximum absolute atomic E-state index is 12.5. The molecule has 2 saturated heterocycles. The topological polar surface area (TPSA) is 108 Å². The summed E-state index contributed by atoms with van der Waals surface area (Å²) in [5, 5.41) is 2.80. The van der Waals surface area contributed by atoms with Crippen molar-refractivity contribution in [2.45, 2.75) is 18.6 Å². The molecule has 2 unspecified atom stereocenters. The van der Waals surface area contributed by atoms with E-state index in [1.807, 2.05) is 0 Å². The number of amides is 2. The van der Waals surface area contributed by atoms with E-state index in [2.05, 4.69) is 10.3 Å². The maximum Gasteiger partial charge on any atom is 0.414 e. The lowest BCUT2D eigenvalue weighted by atomic mass is 10.2. The van der Waals surface area contributed by atoms with Crippen LogP contribution in [0.3, 0.4) is 0 Å². The molecule has 162 valence electrons. The van der Waals surface area contributed by atoms with Crippen molar-refractivity contribution < 1.29 is 33.3 Å². The lowest BCUT2D eigenvalue weighted by Crippen LogP contribution is -2.34. The highest BCUT2D eigenvalue weighted by Gasteiger charge is 2.33. The number of ether oxygens (including phenoxy) is 5. The number of rotatable bonds is 6. The van der Waals surface area contributed by atoms with Crippen LogP contribution in [0.5, 0.6) is 17.4 Å². The first-order valence-corrected chi connectivity index (χ1v) is 10.0. The Morgan fingerprint density at radius 1 is 1.23 bits per heavy atom. The number of nitrogens with one attached hydrogen (secondary N) is 1.